The number of Topliss-reactive ketones (excluding diaryl/α,β-unsaturated/α-hetero) is 1. The molecular weight excluding hydrogens is 402 g/mol. The van der Waals surface area contributed by atoms with E-state index in [1.54, 1.807) is 0 Å². The van der Waals surface area contributed by atoms with Gasteiger partial charge in [-0.15, -0.1) is 0 Å². The molecular formula is C31H25NO. The third-order valence-electron chi connectivity index (χ3n) is 6.76. The summed E-state index contributed by atoms with van der Waals surface area (Å²) in [5.41, 5.74) is 8.19. The van der Waals surface area contributed by atoms with Crippen molar-refractivity contribution in [1.29, 1.82) is 0 Å². The van der Waals surface area contributed by atoms with E-state index in [0.717, 1.165) is 58.2 Å². The number of carbonyl (C=O) groups excluding carboxylic acids is 1. The van der Waals surface area contributed by atoms with E-state index >= 15 is 0 Å². The lowest BCUT2D eigenvalue weighted by atomic mass is 9.94. The Morgan fingerprint density at radius 1 is 0.636 bits per heavy atom. The van der Waals surface area contributed by atoms with Crippen molar-refractivity contribution >= 4 is 38.7 Å². The van der Waals surface area contributed by atoms with Crippen LogP contribution in [-0.4, -0.2) is 10.4 Å². The molecule has 0 amide bonds. The number of unbranched alkanes of at least 4 members (excludes halogenated alkanes) is 1. The third-order valence-corrected chi connectivity index (χ3v) is 6.76. The second kappa shape index (κ2) is 7.90. The monoisotopic (exact) mass is 427 g/mol. The van der Waals surface area contributed by atoms with Gasteiger partial charge in [0.25, 0.3) is 0 Å². The fourth-order valence-corrected chi connectivity index (χ4v) is 5.21. The van der Waals surface area contributed by atoms with Crippen molar-refractivity contribution < 1.29 is 4.79 Å². The van der Waals surface area contributed by atoms with E-state index in [-0.39, 0.29) is 5.78 Å². The molecule has 5 aromatic rings. The number of allylic oxidation sites excluding steroid dienone is 1. The average Bonchev–Trinajstić information content (AvgIpc) is 3.34. The molecule has 0 unspecified atom stereocenters. The van der Waals surface area contributed by atoms with Gasteiger partial charge in [-0.25, -0.2) is 0 Å². The molecule has 1 heterocycles. The largest absolute Gasteiger partial charge is 0.340 e. The number of hydrogen-bond acceptors (Lipinski definition) is 1. The summed E-state index contributed by atoms with van der Waals surface area (Å²) in [5.74, 6) is 0.113. The number of aromatic nitrogens is 1. The van der Waals surface area contributed by atoms with Gasteiger partial charge in [0.2, 0.25) is 0 Å². The first-order chi connectivity index (χ1) is 16.3. The highest BCUT2D eigenvalue weighted by atomic mass is 16.1. The Morgan fingerprint density at radius 3 is 1.97 bits per heavy atom. The lowest BCUT2D eigenvalue weighted by Gasteiger charge is -2.10. The summed E-state index contributed by atoms with van der Waals surface area (Å²) in [4.78, 5) is 13.9. The van der Waals surface area contributed by atoms with E-state index in [9.17, 15) is 4.79 Å². The highest BCUT2D eigenvalue weighted by molar-refractivity contribution is 6.42. The zero-order valence-electron chi connectivity index (χ0n) is 18.7. The maximum Gasteiger partial charge on any atom is 0.194 e. The van der Waals surface area contributed by atoms with Gasteiger partial charge >= 0.3 is 0 Å². The molecule has 0 spiro atoms. The van der Waals surface area contributed by atoms with Crippen molar-refractivity contribution in [3.8, 4) is 0 Å². The number of para-hydroxylation sites is 1. The normalized spacial score (nSPS) is 13.3. The van der Waals surface area contributed by atoms with Gasteiger partial charge in [-0.05, 0) is 41.3 Å². The minimum Gasteiger partial charge on any atom is -0.340 e. The molecule has 6 rings (SSSR count). The Balaban J connectivity index is 1.69. The van der Waals surface area contributed by atoms with Crippen molar-refractivity contribution in [3.05, 3.63) is 119 Å². The predicted octanol–water partition coefficient (Wildman–Crippen LogP) is 7.75. The van der Waals surface area contributed by atoms with Gasteiger partial charge in [-0.1, -0.05) is 92.2 Å². The first-order valence-corrected chi connectivity index (χ1v) is 11.7. The number of ketones is 1. The molecule has 160 valence electrons. The number of fused-ring (bicyclic) bond motifs is 4. The van der Waals surface area contributed by atoms with Gasteiger partial charge in [-0.2, -0.15) is 0 Å². The summed E-state index contributed by atoms with van der Waals surface area (Å²) < 4.78 is 2.43. The van der Waals surface area contributed by atoms with Gasteiger partial charge in [0.1, 0.15) is 0 Å². The smallest absolute Gasteiger partial charge is 0.194 e. The van der Waals surface area contributed by atoms with E-state index in [2.05, 4.69) is 60.0 Å². The molecule has 1 aromatic heterocycles. The third kappa shape index (κ3) is 3.06. The molecule has 0 radical (unpaired) electrons. The summed E-state index contributed by atoms with van der Waals surface area (Å²) in [7, 11) is 0. The second-order valence-corrected chi connectivity index (χ2v) is 8.75. The van der Waals surface area contributed by atoms with Crippen molar-refractivity contribution in [2.45, 2.75) is 26.3 Å². The van der Waals surface area contributed by atoms with Crippen LogP contribution in [0.25, 0.3) is 33.0 Å². The maximum absolute atomic E-state index is 13.9. The molecule has 4 aromatic carbocycles. The van der Waals surface area contributed by atoms with Gasteiger partial charge in [0.15, 0.2) is 5.78 Å². The van der Waals surface area contributed by atoms with Crippen LogP contribution in [0, 0.1) is 0 Å². The summed E-state index contributed by atoms with van der Waals surface area (Å²) >= 11 is 0. The fourth-order valence-electron chi connectivity index (χ4n) is 5.21. The van der Waals surface area contributed by atoms with Crippen LogP contribution in [0.5, 0.6) is 0 Å². The molecule has 1 aliphatic rings. The molecule has 0 saturated heterocycles. The van der Waals surface area contributed by atoms with Crippen LogP contribution in [-0.2, 0) is 6.54 Å². The van der Waals surface area contributed by atoms with Gasteiger partial charge in [0.05, 0.1) is 0 Å². The number of hydrogen-bond donors (Lipinski definition) is 0. The van der Waals surface area contributed by atoms with Gasteiger partial charge in [0, 0.05) is 45.1 Å². The standard InChI is InChI=1S/C31H25NO/c1-2-3-18-32-27-17-11-10-16-23(27)24-19-26-25(20-28(24)32)29(21-12-6-4-7-13-21)30(31(26)33)22-14-8-5-9-15-22/h4-17,19-20H,2-3,18H2,1H3. The van der Waals surface area contributed by atoms with Crippen molar-refractivity contribution in [3.63, 3.8) is 0 Å². The van der Waals surface area contributed by atoms with Crippen molar-refractivity contribution in [1.82, 2.24) is 4.57 Å². The van der Waals surface area contributed by atoms with Crippen LogP contribution in [0.4, 0.5) is 0 Å². The fraction of sp³-hybridized carbons (Fsp3) is 0.129. The highest BCUT2D eigenvalue weighted by Gasteiger charge is 2.32. The molecule has 0 fully saturated rings. The average molecular weight is 428 g/mol. The van der Waals surface area contributed by atoms with Gasteiger partial charge in [-0.3, -0.25) is 4.79 Å². The van der Waals surface area contributed by atoms with Crippen LogP contribution in [0.15, 0.2) is 97.1 Å². The molecule has 0 bridgehead atoms. The Kier molecular flexibility index (Phi) is 4.73. The van der Waals surface area contributed by atoms with Crippen LogP contribution < -0.4 is 0 Å². The summed E-state index contributed by atoms with van der Waals surface area (Å²) in [6, 6.07) is 33.4. The number of benzene rings is 4. The summed E-state index contributed by atoms with van der Waals surface area (Å²) in [5, 5.41) is 2.38. The second-order valence-electron chi connectivity index (χ2n) is 8.75. The summed E-state index contributed by atoms with van der Waals surface area (Å²) in [6.07, 6.45) is 2.27. The molecule has 0 aliphatic heterocycles. The molecule has 0 atom stereocenters. The topological polar surface area (TPSA) is 22.0 Å². The highest BCUT2D eigenvalue weighted by Crippen LogP contribution is 2.45. The van der Waals surface area contributed by atoms with Crippen LogP contribution >= 0.6 is 0 Å². The zero-order chi connectivity index (χ0) is 22.4. The first-order valence-electron chi connectivity index (χ1n) is 11.7. The van der Waals surface area contributed by atoms with E-state index in [0.29, 0.717) is 0 Å². The number of nitrogens with zero attached hydrogens (tertiary/aromatic N) is 1. The zero-order valence-corrected chi connectivity index (χ0v) is 18.7. The number of carbonyl (C=O) groups is 1. The van der Waals surface area contributed by atoms with Crippen molar-refractivity contribution in [2.24, 2.45) is 0 Å². The van der Waals surface area contributed by atoms with E-state index in [1.807, 2.05) is 48.5 Å². The summed E-state index contributed by atoms with van der Waals surface area (Å²) in [6.45, 7) is 3.20. The first kappa shape index (κ1) is 19.8. The minimum absolute atomic E-state index is 0.113. The van der Waals surface area contributed by atoms with Crippen LogP contribution in [0.2, 0.25) is 0 Å². The van der Waals surface area contributed by atoms with E-state index < -0.39 is 0 Å². The SMILES string of the molecule is CCCCn1c2ccccc2c2cc3c(cc21)C(c1ccccc1)=C(c1ccccc1)C3=O. The number of rotatable bonds is 5. The van der Waals surface area contributed by atoms with Crippen LogP contribution in [0.3, 0.4) is 0 Å². The molecule has 0 saturated carbocycles. The van der Waals surface area contributed by atoms with Gasteiger partial charge < -0.3 is 4.57 Å². The molecule has 0 N–H and O–H groups in total. The minimum atomic E-state index is 0.113. The quantitative estimate of drug-likeness (QED) is 0.281. The Labute approximate surface area is 193 Å². The molecule has 2 heteroatoms. The Hall–Kier alpha value is -3.91. The lowest BCUT2D eigenvalue weighted by Crippen LogP contribution is -1.99. The molecule has 33 heavy (non-hydrogen) atoms. The molecule has 2 nitrogen and oxygen atoms in total. The van der Waals surface area contributed by atoms with E-state index in [1.165, 1.54) is 16.4 Å². The van der Waals surface area contributed by atoms with Crippen molar-refractivity contribution in [2.75, 3.05) is 0 Å². The Bertz CT molecular complexity index is 1540. The van der Waals surface area contributed by atoms with E-state index in [4.69, 9.17) is 0 Å². The Morgan fingerprint density at radius 2 is 1.27 bits per heavy atom. The molecule has 1 aliphatic carbocycles. The van der Waals surface area contributed by atoms with Crippen LogP contribution in [0.1, 0.15) is 46.8 Å². The number of aryl methyl sites for hydroxylation is 1. The maximum atomic E-state index is 13.9. The lowest BCUT2D eigenvalue weighted by molar-refractivity contribution is 0.105. The predicted molar refractivity (Wildman–Crippen MR) is 137 cm³/mol.